The zero-order chi connectivity index (χ0) is 14.0. The summed E-state index contributed by atoms with van der Waals surface area (Å²) in [6, 6.07) is 2.08. The third kappa shape index (κ3) is 3.32. The van der Waals surface area contributed by atoms with Crippen molar-refractivity contribution >= 4 is 46.4 Å². The fraction of sp³-hybridized carbons (Fsp3) is 0. The number of hydrogen-bond donors (Lipinski definition) is 1. The number of hydrogen-bond acceptors (Lipinski definition) is 3. The second-order valence-corrected chi connectivity index (χ2v) is 4.62. The van der Waals surface area contributed by atoms with E-state index in [1.54, 1.807) is 0 Å². The summed E-state index contributed by atoms with van der Waals surface area (Å²) < 4.78 is 13.0. The van der Waals surface area contributed by atoms with E-state index >= 15 is 0 Å². The third-order valence-electron chi connectivity index (χ3n) is 2.10. The average molecular weight is 321 g/mol. The summed E-state index contributed by atoms with van der Waals surface area (Å²) in [5, 5.41) is 2.56. The van der Waals surface area contributed by atoms with Crippen LogP contribution in [0, 0.1) is 5.82 Å². The van der Waals surface area contributed by atoms with Gasteiger partial charge in [-0.2, -0.15) is 0 Å². The maximum atomic E-state index is 13.0. The normalized spacial score (nSPS) is 10.3. The average Bonchev–Trinajstić information content (AvgIpc) is 2.34. The van der Waals surface area contributed by atoms with Crippen LogP contribution in [0.1, 0.15) is 10.5 Å². The summed E-state index contributed by atoms with van der Waals surface area (Å²) in [6.07, 6.45) is 2.42. The van der Waals surface area contributed by atoms with E-state index in [0.29, 0.717) is 0 Å². The highest BCUT2D eigenvalue weighted by molar-refractivity contribution is 6.40. The van der Waals surface area contributed by atoms with Crippen LogP contribution in [0.2, 0.25) is 15.2 Å². The highest BCUT2D eigenvalue weighted by Crippen LogP contribution is 2.31. The molecule has 19 heavy (non-hydrogen) atoms. The molecule has 1 amide bonds. The van der Waals surface area contributed by atoms with Crippen LogP contribution < -0.4 is 5.32 Å². The molecule has 0 aliphatic carbocycles. The number of nitrogens with one attached hydrogen (secondary N) is 1. The van der Waals surface area contributed by atoms with E-state index in [2.05, 4.69) is 15.3 Å². The Bertz CT molecular complexity index is 611. The maximum Gasteiger partial charge on any atom is 0.275 e. The minimum absolute atomic E-state index is 0.0136. The van der Waals surface area contributed by atoms with Gasteiger partial charge in [0.05, 0.1) is 28.1 Å². The predicted molar refractivity (Wildman–Crippen MR) is 71.4 cm³/mol. The Labute approximate surface area is 122 Å². The number of carbonyl (C=O) groups excluding carboxylic acids is 1. The first kappa shape index (κ1) is 14.0. The van der Waals surface area contributed by atoms with Gasteiger partial charge < -0.3 is 5.32 Å². The molecular formula is C11H5Cl3FN3O. The molecule has 98 valence electrons. The fourth-order valence-electron chi connectivity index (χ4n) is 1.27. The molecule has 0 spiro atoms. The molecular weight excluding hydrogens is 315 g/mol. The van der Waals surface area contributed by atoms with Crippen LogP contribution in [0.5, 0.6) is 0 Å². The number of rotatable bonds is 2. The molecule has 0 unspecified atom stereocenters. The second-order valence-electron chi connectivity index (χ2n) is 3.42. The number of anilines is 1. The SMILES string of the molecule is O=C(Nc1c(Cl)cc(F)cc1Cl)c1cnc(Cl)cn1. The summed E-state index contributed by atoms with van der Waals surface area (Å²) >= 11 is 17.1. The number of amides is 1. The van der Waals surface area contributed by atoms with Gasteiger partial charge in [0, 0.05) is 0 Å². The molecule has 1 aromatic carbocycles. The molecule has 0 radical (unpaired) electrons. The van der Waals surface area contributed by atoms with Crippen LogP contribution in [-0.4, -0.2) is 15.9 Å². The van der Waals surface area contributed by atoms with E-state index in [-0.39, 0.29) is 26.6 Å². The van der Waals surface area contributed by atoms with E-state index in [1.165, 1.54) is 12.4 Å². The molecule has 0 aliphatic heterocycles. The number of halogens is 4. The number of nitrogens with zero attached hydrogens (tertiary/aromatic N) is 2. The topological polar surface area (TPSA) is 54.9 Å². The summed E-state index contributed by atoms with van der Waals surface area (Å²) in [7, 11) is 0. The van der Waals surface area contributed by atoms with Gasteiger partial charge in [0.2, 0.25) is 0 Å². The molecule has 0 saturated heterocycles. The van der Waals surface area contributed by atoms with Gasteiger partial charge in [0.1, 0.15) is 16.7 Å². The van der Waals surface area contributed by atoms with Crippen LogP contribution in [0.25, 0.3) is 0 Å². The van der Waals surface area contributed by atoms with Gasteiger partial charge in [-0.15, -0.1) is 0 Å². The van der Waals surface area contributed by atoms with Crippen molar-refractivity contribution in [2.75, 3.05) is 5.32 Å². The number of carbonyl (C=O) groups is 1. The molecule has 8 heteroatoms. The van der Waals surface area contributed by atoms with Crippen molar-refractivity contribution in [2.24, 2.45) is 0 Å². The number of aromatic nitrogens is 2. The van der Waals surface area contributed by atoms with Gasteiger partial charge in [-0.1, -0.05) is 34.8 Å². The first-order valence-electron chi connectivity index (χ1n) is 4.91. The Kier molecular flexibility index (Phi) is 4.19. The lowest BCUT2D eigenvalue weighted by molar-refractivity contribution is 0.102. The third-order valence-corrected chi connectivity index (χ3v) is 2.89. The van der Waals surface area contributed by atoms with Crippen molar-refractivity contribution in [3.05, 3.63) is 51.2 Å². The molecule has 1 N–H and O–H groups in total. The van der Waals surface area contributed by atoms with Crippen LogP contribution >= 0.6 is 34.8 Å². The predicted octanol–water partition coefficient (Wildman–Crippen LogP) is 3.83. The zero-order valence-corrected chi connectivity index (χ0v) is 11.4. The molecule has 0 aliphatic rings. The standard InChI is InChI=1S/C11H5Cl3FN3O/c12-6-1-5(15)2-7(13)10(6)18-11(19)8-3-17-9(14)4-16-8/h1-4H,(H,18,19). The molecule has 2 aromatic rings. The summed E-state index contributed by atoms with van der Waals surface area (Å²) in [4.78, 5) is 19.3. The quantitative estimate of drug-likeness (QED) is 0.915. The van der Waals surface area contributed by atoms with Gasteiger partial charge in [0.25, 0.3) is 5.91 Å². The monoisotopic (exact) mass is 319 g/mol. The van der Waals surface area contributed by atoms with Crippen LogP contribution in [0.4, 0.5) is 10.1 Å². The van der Waals surface area contributed by atoms with Crippen LogP contribution in [0.3, 0.4) is 0 Å². The van der Waals surface area contributed by atoms with Gasteiger partial charge in [-0.3, -0.25) is 4.79 Å². The van der Waals surface area contributed by atoms with E-state index in [9.17, 15) is 9.18 Å². The highest BCUT2D eigenvalue weighted by Gasteiger charge is 2.14. The van der Waals surface area contributed by atoms with Crippen molar-refractivity contribution in [1.82, 2.24) is 9.97 Å². The minimum Gasteiger partial charge on any atom is -0.318 e. The molecule has 0 atom stereocenters. The Morgan fingerprint density at radius 3 is 2.26 bits per heavy atom. The largest absolute Gasteiger partial charge is 0.318 e. The molecule has 0 saturated carbocycles. The lowest BCUT2D eigenvalue weighted by Gasteiger charge is -2.08. The Morgan fingerprint density at radius 1 is 1.11 bits per heavy atom. The van der Waals surface area contributed by atoms with Crippen LogP contribution in [-0.2, 0) is 0 Å². The van der Waals surface area contributed by atoms with Gasteiger partial charge in [0.15, 0.2) is 0 Å². The van der Waals surface area contributed by atoms with E-state index in [0.717, 1.165) is 12.1 Å². The van der Waals surface area contributed by atoms with Gasteiger partial charge >= 0.3 is 0 Å². The molecule has 4 nitrogen and oxygen atoms in total. The van der Waals surface area contributed by atoms with Crippen molar-refractivity contribution < 1.29 is 9.18 Å². The summed E-state index contributed by atoms with van der Waals surface area (Å²) in [6.45, 7) is 0. The maximum absolute atomic E-state index is 13.0. The zero-order valence-electron chi connectivity index (χ0n) is 9.12. The van der Waals surface area contributed by atoms with Gasteiger partial charge in [-0.05, 0) is 12.1 Å². The highest BCUT2D eigenvalue weighted by atomic mass is 35.5. The van der Waals surface area contributed by atoms with Crippen molar-refractivity contribution in [2.45, 2.75) is 0 Å². The van der Waals surface area contributed by atoms with Crippen molar-refractivity contribution in [1.29, 1.82) is 0 Å². The molecule has 0 bridgehead atoms. The first-order valence-corrected chi connectivity index (χ1v) is 6.04. The second kappa shape index (κ2) is 5.69. The Hall–Kier alpha value is -1.43. The van der Waals surface area contributed by atoms with Crippen molar-refractivity contribution in [3.8, 4) is 0 Å². The fourth-order valence-corrected chi connectivity index (χ4v) is 1.92. The minimum atomic E-state index is -0.598. The van der Waals surface area contributed by atoms with Crippen molar-refractivity contribution in [3.63, 3.8) is 0 Å². The Morgan fingerprint density at radius 2 is 1.74 bits per heavy atom. The lowest BCUT2D eigenvalue weighted by Crippen LogP contribution is -2.14. The summed E-state index contributed by atoms with van der Waals surface area (Å²) in [5.74, 6) is -1.18. The van der Waals surface area contributed by atoms with Crippen LogP contribution in [0.15, 0.2) is 24.5 Å². The van der Waals surface area contributed by atoms with E-state index in [4.69, 9.17) is 34.8 Å². The van der Waals surface area contributed by atoms with Gasteiger partial charge in [-0.25, -0.2) is 14.4 Å². The van der Waals surface area contributed by atoms with E-state index in [1.807, 2.05) is 0 Å². The Balaban J connectivity index is 2.26. The lowest BCUT2D eigenvalue weighted by atomic mass is 10.3. The molecule has 1 aromatic heterocycles. The first-order chi connectivity index (χ1) is 8.97. The molecule has 1 heterocycles. The smallest absolute Gasteiger partial charge is 0.275 e. The van der Waals surface area contributed by atoms with E-state index < -0.39 is 11.7 Å². The molecule has 2 rings (SSSR count). The number of benzene rings is 1. The summed E-state index contributed by atoms with van der Waals surface area (Å²) in [5.41, 5.74) is 0.132. The molecule has 0 fully saturated rings.